The summed E-state index contributed by atoms with van der Waals surface area (Å²) in [5, 5.41) is 3.59. The Morgan fingerprint density at radius 1 is 1.11 bits per heavy atom. The molecule has 3 rings (SSSR count). The Morgan fingerprint density at radius 2 is 1.94 bits per heavy atom. The number of rotatable bonds is 6. The Kier molecular flexibility index (Phi) is 3.96. The van der Waals surface area contributed by atoms with Gasteiger partial charge in [0, 0.05) is 19.6 Å². The molecule has 0 spiro atoms. The van der Waals surface area contributed by atoms with Crippen molar-refractivity contribution in [3.63, 3.8) is 0 Å². The van der Waals surface area contributed by atoms with E-state index in [1.807, 2.05) is 0 Å². The molecule has 1 aliphatic carbocycles. The van der Waals surface area contributed by atoms with Gasteiger partial charge in [-0.2, -0.15) is 0 Å². The van der Waals surface area contributed by atoms with Gasteiger partial charge in [0.2, 0.25) is 0 Å². The van der Waals surface area contributed by atoms with Gasteiger partial charge in [0.05, 0.1) is 0 Å². The van der Waals surface area contributed by atoms with Crippen LogP contribution in [0.2, 0.25) is 0 Å². The summed E-state index contributed by atoms with van der Waals surface area (Å²) in [6.07, 6.45) is 4.23. The third-order valence-electron chi connectivity index (χ3n) is 4.28. The summed E-state index contributed by atoms with van der Waals surface area (Å²) in [4.78, 5) is 2.61. The van der Waals surface area contributed by atoms with E-state index in [0.717, 1.165) is 18.4 Å². The molecule has 18 heavy (non-hydrogen) atoms. The molecule has 0 bridgehead atoms. The lowest BCUT2D eigenvalue weighted by atomic mass is 9.99. The first-order chi connectivity index (χ1) is 8.92. The zero-order chi connectivity index (χ0) is 12.2. The summed E-state index contributed by atoms with van der Waals surface area (Å²) in [6.45, 7) is 6.14. The molecular weight excluding hydrogens is 220 g/mol. The van der Waals surface area contributed by atoms with Crippen molar-refractivity contribution < 1.29 is 0 Å². The second kappa shape index (κ2) is 5.85. The highest BCUT2D eigenvalue weighted by Crippen LogP contribution is 2.28. The average molecular weight is 244 g/mol. The van der Waals surface area contributed by atoms with Crippen LogP contribution in [0.25, 0.3) is 0 Å². The number of hydrogen-bond acceptors (Lipinski definition) is 2. The summed E-state index contributed by atoms with van der Waals surface area (Å²) in [5.41, 5.74) is 1.52. The maximum absolute atomic E-state index is 3.59. The molecule has 98 valence electrons. The third kappa shape index (κ3) is 3.33. The van der Waals surface area contributed by atoms with Crippen molar-refractivity contribution >= 4 is 0 Å². The summed E-state index contributed by atoms with van der Waals surface area (Å²) in [6, 6.07) is 11.0. The van der Waals surface area contributed by atoms with Crippen molar-refractivity contribution in [3.8, 4) is 0 Å². The van der Waals surface area contributed by atoms with Crippen molar-refractivity contribution in [2.75, 3.05) is 32.7 Å². The van der Waals surface area contributed by atoms with E-state index in [1.54, 1.807) is 0 Å². The highest BCUT2D eigenvalue weighted by Gasteiger charge is 2.23. The minimum atomic E-state index is 0.759. The zero-order valence-electron chi connectivity index (χ0n) is 11.1. The average Bonchev–Trinajstić information content (AvgIpc) is 3.12. The number of nitrogens with one attached hydrogen (secondary N) is 1. The fourth-order valence-electron chi connectivity index (χ4n) is 2.90. The van der Waals surface area contributed by atoms with Gasteiger partial charge in [0.15, 0.2) is 0 Å². The predicted octanol–water partition coefficient (Wildman–Crippen LogP) is 2.48. The third-order valence-corrected chi connectivity index (χ3v) is 4.28. The van der Waals surface area contributed by atoms with Gasteiger partial charge >= 0.3 is 0 Å². The lowest BCUT2D eigenvalue weighted by molar-refractivity contribution is 0.331. The molecule has 0 aromatic heterocycles. The summed E-state index contributed by atoms with van der Waals surface area (Å²) < 4.78 is 0. The summed E-state index contributed by atoms with van der Waals surface area (Å²) >= 11 is 0. The lowest BCUT2D eigenvalue weighted by Crippen LogP contribution is -2.31. The fourth-order valence-corrected chi connectivity index (χ4v) is 2.90. The standard InChI is InChI=1S/C16H24N2/c1-2-4-15(5-3-1)16-8-10-18(13-16)11-9-17-12-14-6-7-14/h1-5,14,16-17H,6-13H2. The second-order valence-corrected chi connectivity index (χ2v) is 5.84. The van der Waals surface area contributed by atoms with Gasteiger partial charge in [-0.25, -0.2) is 0 Å². The van der Waals surface area contributed by atoms with Gasteiger partial charge < -0.3 is 10.2 Å². The molecule has 1 saturated carbocycles. The van der Waals surface area contributed by atoms with Crippen LogP contribution >= 0.6 is 0 Å². The van der Waals surface area contributed by atoms with Gasteiger partial charge in [0.1, 0.15) is 0 Å². The van der Waals surface area contributed by atoms with Gasteiger partial charge in [-0.05, 0) is 49.8 Å². The first-order valence-electron chi connectivity index (χ1n) is 7.40. The number of benzene rings is 1. The Bertz CT molecular complexity index is 359. The molecule has 1 N–H and O–H groups in total. The molecule has 1 heterocycles. The van der Waals surface area contributed by atoms with E-state index < -0.39 is 0 Å². The fraction of sp³-hybridized carbons (Fsp3) is 0.625. The molecule has 1 aromatic rings. The Hall–Kier alpha value is -0.860. The zero-order valence-corrected chi connectivity index (χ0v) is 11.1. The highest BCUT2D eigenvalue weighted by molar-refractivity contribution is 5.20. The Balaban J connectivity index is 1.38. The summed E-state index contributed by atoms with van der Waals surface area (Å²) in [7, 11) is 0. The van der Waals surface area contributed by atoms with E-state index in [9.17, 15) is 0 Å². The molecule has 1 unspecified atom stereocenters. The van der Waals surface area contributed by atoms with E-state index in [-0.39, 0.29) is 0 Å². The first-order valence-corrected chi connectivity index (χ1v) is 7.40. The normalized spacial score (nSPS) is 24.6. The molecule has 0 radical (unpaired) electrons. The molecule has 2 nitrogen and oxygen atoms in total. The maximum atomic E-state index is 3.59. The van der Waals surface area contributed by atoms with Gasteiger partial charge in [-0.15, -0.1) is 0 Å². The number of likely N-dealkylation sites (tertiary alicyclic amines) is 1. The lowest BCUT2D eigenvalue weighted by Gasteiger charge is -2.16. The monoisotopic (exact) mass is 244 g/mol. The predicted molar refractivity (Wildman–Crippen MR) is 75.8 cm³/mol. The van der Waals surface area contributed by atoms with Gasteiger partial charge in [-0.1, -0.05) is 30.3 Å². The SMILES string of the molecule is c1ccc(C2CCN(CCNCC3CC3)C2)cc1. The topological polar surface area (TPSA) is 15.3 Å². The van der Waals surface area contributed by atoms with Crippen LogP contribution in [-0.4, -0.2) is 37.6 Å². The van der Waals surface area contributed by atoms with Crippen LogP contribution in [-0.2, 0) is 0 Å². The smallest absolute Gasteiger partial charge is 0.0107 e. The molecule has 2 aliphatic rings. The van der Waals surface area contributed by atoms with Gasteiger partial charge in [-0.3, -0.25) is 0 Å². The largest absolute Gasteiger partial charge is 0.315 e. The van der Waals surface area contributed by atoms with Crippen molar-refractivity contribution in [1.82, 2.24) is 10.2 Å². The van der Waals surface area contributed by atoms with Crippen LogP contribution in [0.3, 0.4) is 0 Å². The van der Waals surface area contributed by atoms with Crippen molar-refractivity contribution in [2.45, 2.75) is 25.2 Å². The molecule has 1 aliphatic heterocycles. The number of nitrogens with zero attached hydrogens (tertiary/aromatic N) is 1. The highest BCUT2D eigenvalue weighted by atomic mass is 15.2. The van der Waals surface area contributed by atoms with Crippen molar-refractivity contribution in [1.29, 1.82) is 0 Å². The van der Waals surface area contributed by atoms with Crippen LogP contribution in [0, 0.1) is 5.92 Å². The van der Waals surface area contributed by atoms with Crippen molar-refractivity contribution in [3.05, 3.63) is 35.9 Å². The van der Waals surface area contributed by atoms with Crippen LogP contribution in [0.1, 0.15) is 30.7 Å². The second-order valence-electron chi connectivity index (χ2n) is 5.84. The van der Waals surface area contributed by atoms with Gasteiger partial charge in [0.25, 0.3) is 0 Å². The molecule has 1 saturated heterocycles. The van der Waals surface area contributed by atoms with Crippen LogP contribution in [0.15, 0.2) is 30.3 Å². The summed E-state index contributed by atoms with van der Waals surface area (Å²) in [5.74, 6) is 1.76. The quantitative estimate of drug-likeness (QED) is 0.773. The van der Waals surface area contributed by atoms with Crippen molar-refractivity contribution in [2.24, 2.45) is 5.92 Å². The maximum Gasteiger partial charge on any atom is 0.0107 e. The Labute approximate surface area is 110 Å². The molecular formula is C16H24N2. The van der Waals surface area contributed by atoms with Crippen LogP contribution in [0.5, 0.6) is 0 Å². The van der Waals surface area contributed by atoms with Crippen LogP contribution < -0.4 is 5.32 Å². The van der Waals surface area contributed by atoms with E-state index in [0.29, 0.717) is 0 Å². The Morgan fingerprint density at radius 3 is 2.72 bits per heavy atom. The molecule has 2 heteroatoms. The van der Waals surface area contributed by atoms with E-state index in [2.05, 4.69) is 40.5 Å². The first kappa shape index (κ1) is 12.2. The van der Waals surface area contributed by atoms with E-state index in [1.165, 1.54) is 51.0 Å². The minimum Gasteiger partial charge on any atom is -0.315 e. The molecule has 1 aromatic carbocycles. The van der Waals surface area contributed by atoms with E-state index in [4.69, 9.17) is 0 Å². The molecule has 1 atom stereocenters. The molecule has 0 amide bonds. The molecule has 2 fully saturated rings. The number of hydrogen-bond donors (Lipinski definition) is 1. The minimum absolute atomic E-state index is 0.759. The van der Waals surface area contributed by atoms with E-state index >= 15 is 0 Å². The van der Waals surface area contributed by atoms with Crippen LogP contribution in [0.4, 0.5) is 0 Å².